The zero-order valence-corrected chi connectivity index (χ0v) is 7.08. The zero-order valence-electron chi connectivity index (χ0n) is 7.08. The van der Waals surface area contributed by atoms with Gasteiger partial charge in [-0.25, -0.2) is 0 Å². The second-order valence-corrected chi connectivity index (χ2v) is 3.02. The van der Waals surface area contributed by atoms with Crippen LogP contribution in [0.25, 0.3) is 0 Å². The predicted octanol–water partition coefficient (Wildman–Crippen LogP) is 0.212. The predicted molar refractivity (Wildman–Crippen MR) is 43.2 cm³/mol. The van der Waals surface area contributed by atoms with E-state index in [2.05, 4.69) is 11.5 Å². The standard InChI is InChI=1S/C8H15NO2/c1-6(11-3)8-4-7(10)5-9(8)2/h7-8,10H,1,4-5H2,2-3H3/t7-,8+/m1/s1. The average Bonchev–Trinajstić information content (AvgIpc) is 2.28. The molecule has 0 radical (unpaired) electrons. The lowest BCUT2D eigenvalue weighted by atomic mass is 10.2. The van der Waals surface area contributed by atoms with Crippen molar-refractivity contribution in [3.05, 3.63) is 12.3 Å². The minimum absolute atomic E-state index is 0.190. The van der Waals surface area contributed by atoms with Gasteiger partial charge in [0.25, 0.3) is 0 Å². The van der Waals surface area contributed by atoms with E-state index in [1.165, 1.54) is 0 Å². The van der Waals surface area contributed by atoms with Crippen molar-refractivity contribution < 1.29 is 9.84 Å². The Labute approximate surface area is 67.3 Å². The highest BCUT2D eigenvalue weighted by atomic mass is 16.5. The molecular formula is C8H15NO2. The van der Waals surface area contributed by atoms with Crippen LogP contribution in [0.2, 0.25) is 0 Å². The van der Waals surface area contributed by atoms with Crippen LogP contribution < -0.4 is 0 Å². The van der Waals surface area contributed by atoms with Crippen LogP contribution in [0.4, 0.5) is 0 Å². The van der Waals surface area contributed by atoms with Crippen LogP contribution in [0.5, 0.6) is 0 Å². The van der Waals surface area contributed by atoms with Gasteiger partial charge < -0.3 is 9.84 Å². The van der Waals surface area contributed by atoms with Crippen molar-refractivity contribution in [2.24, 2.45) is 0 Å². The van der Waals surface area contributed by atoms with Crippen molar-refractivity contribution in [1.29, 1.82) is 0 Å². The Morgan fingerprint density at radius 2 is 2.36 bits per heavy atom. The molecule has 11 heavy (non-hydrogen) atoms. The van der Waals surface area contributed by atoms with E-state index in [0.29, 0.717) is 6.54 Å². The molecule has 0 aromatic rings. The summed E-state index contributed by atoms with van der Waals surface area (Å²) in [7, 11) is 3.58. The summed E-state index contributed by atoms with van der Waals surface area (Å²) in [6.45, 7) is 4.48. The molecule has 1 heterocycles. The normalized spacial score (nSPS) is 32.3. The third-order valence-electron chi connectivity index (χ3n) is 2.16. The summed E-state index contributed by atoms with van der Waals surface area (Å²) in [6, 6.07) is 0.190. The fourth-order valence-electron chi connectivity index (χ4n) is 1.49. The van der Waals surface area contributed by atoms with E-state index in [4.69, 9.17) is 4.74 Å². The van der Waals surface area contributed by atoms with Gasteiger partial charge in [0, 0.05) is 6.54 Å². The number of hydrogen-bond acceptors (Lipinski definition) is 3. The van der Waals surface area contributed by atoms with E-state index < -0.39 is 0 Å². The Bertz CT molecular complexity index is 158. The van der Waals surface area contributed by atoms with Crippen molar-refractivity contribution in [3.63, 3.8) is 0 Å². The van der Waals surface area contributed by atoms with Crippen molar-refractivity contribution in [2.45, 2.75) is 18.6 Å². The number of β-amino-alcohol motifs (C(OH)–C–C–N with tert-alkyl or cyclic N) is 1. The second-order valence-electron chi connectivity index (χ2n) is 3.02. The van der Waals surface area contributed by atoms with Gasteiger partial charge in [-0.3, -0.25) is 4.90 Å². The molecule has 3 heteroatoms. The average molecular weight is 157 g/mol. The third-order valence-corrected chi connectivity index (χ3v) is 2.16. The lowest BCUT2D eigenvalue weighted by Crippen LogP contribution is -2.27. The molecule has 1 aliphatic rings. The van der Waals surface area contributed by atoms with Crippen LogP contribution in [0, 0.1) is 0 Å². The number of aliphatic hydroxyl groups is 1. The smallest absolute Gasteiger partial charge is 0.106 e. The van der Waals surface area contributed by atoms with Gasteiger partial charge in [-0.05, 0) is 13.5 Å². The van der Waals surface area contributed by atoms with E-state index in [9.17, 15) is 5.11 Å². The van der Waals surface area contributed by atoms with Crippen LogP contribution in [0.1, 0.15) is 6.42 Å². The Morgan fingerprint density at radius 3 is 2.73 bits per heavy atom. The molecule has 1 rings (SSSR count). The number of likely N-dealkylation sites (tertiary alicyclic amines) is 1. The van der Waals surface area contributed by atoms with Crippen LogP contribution in [0.15, 0.2) is 12.3 Å². The Balaban J connectivity index is 2.52. The van der Waals surface area contributed by atoms with Crippen LogP contribution >= 0.6 is 0 Å². The minimum atomic E-state index is -0.225. The van der Waals surface area contributed by atoms with E-state index in [1.807, 2.05) is 7.05 Å². The van der Waals surface area contributed by atoms with Gasteiger partial charge in [0.2, 0.25) is 0 Å². The van der Waals surface area contributed by atoms with Gasteiger partial charge in [0.15, 0.2) is 0 Å². The molecule has 1 N–H and O–H groups in total. The third kappa shape index (κ3) is 1.73. The summed E-state index contributed by atoms with van der Waals surface area (Å²) in [6.07, 6.45) is 0.514. The largest absolute Gasteiger partial charge is 0.500 e. The molecule has 0 unspecified atom stereocenters. The Kier molecular flexibility index (Phi) is 2.52. The van der Waals surface area contributed by atoms with Gasteiger partial charge in [-0.15, -0.1) is 0 Å². The molecule has 0 amide bonds. The van der Waals surface area contributed by atoms with Crippen molar-refractivity contribution >= 4 is 0 Å². The molecule has 0 saturated carbocycles. The summed E-state index contributed by atoms with van der Waals surface area (Å²) >= 11 is 0. The first-order valence-electron chi connectivity index (χ1n) is 3.76. The number of methoxy groups -OCH3 is 1. The van der Waals surface area contributed by atoms with E-state index in [-0.39, 0.29) is 12.1 Å². The lowest BCUT2D eigenvalue weighted by Gasteiger charge is -2.19. The summed E-state index contributed by atoms with van der Waals surface area (Å²) in [5, 5.41) is 9.28. The summed E-state index contributed by atoms with van der Waals surface area (Å²) in [5.74, 6) is 0.740. The quantitative estimate of drug-likeness (QED) is 0.582. The molecule has 1 fully saturated rings. The van der Waals surface area contributed by atoms with Gasteiger partial charge in [0.05, 0.1) is 19.3 Å². The summed E-state index contributed by atoms with van der Waals surface area (Å²) < 4.78 is 5.01. The maximum Gasteiger partial charge on any atom is 0.106 e. The molecular weight excluding hydrogens is 142 g/mol. The Morgan fingerprint density at radius 1 is 1.73 bits per heavy atom. The number of ether oxygens (including phenoxy) is 1. The monoisotopic (exact) mass is 157 g/mol. The van der Waals surface area contributed by atoms with Crippen molar-refractivity contribution in [3.8, 4) is 0 Å². The van der Waals surface area contributed by atoms with Gasteiger partial charge >= 0.3 is 0 Å². The highest BCUT2D eigenvalue weighted by molar-refractivity contribution is 5.02. The SMILES string of the molecule is C=C(OC)[C@@H]1C[C@@H](O)CN1C. The number of likely N-dealkylation sites (N-methyl/N-ethyl adjacent to an activating group) is 1. The van der Waals surface area contributed by atoms with Crippen molar-refractivity contribution in [2.75, 3.05) is 20.7 Å². The number of nitrogens with zero attached hydrogens (tertiary/aromatic N) is 1. The molecule has 0 aromatic heterocycles. The zero-order chi connectivity index (χ0) is 8.43. The maximum absolute atomic E-state index is 9.28. The van der Waals surface area contributed by atoms with Crippen LogP contribution in [0.3, 0.4) is 0 Å². The van der Waals surface area contributed by atoms with Gasteiger partial charge in [-0.1, -0.05) is 6.58 Å². The minimum Gasteiger partial charge on any atom is -0.500 e. The number of hydrogen-bond donors (Lipinski definition) is 1. The first kappa shape index (κ1) is 8.56. The first-order valence-corrected chi connectivity index (χ1v) is 3.76. The molecule has 64 valence electrons. The van der Waals surface area contributed by atoms with E-state index in [0.717, 1.165) is 12.2 Å². The molecule has 3 nitrogen and oxygen atoms in total. The molecule has 0 aliphatic carbocycles. The molecule has 0 aromatic carbocycles. The number of rotatable bonds is 2. The van der Waals surface area contributed by atoms with Crippen LogP contribution in [-0.4, -0.2) is 42.9 Å². The molecule has 2 atom stereocenters. The van der Waals surface area contributed by atoms with E-state index in [1.54, 1.807) is 7.11 Å². The topological polar surface area (TPSA) is 32.7 Å². The van der Waals surface area contributed by atoms with Crippen molar-refractivity contribution in [1.82, 2.24) is 4.90 Å². The van der Waals surface area contributed by atoms with E-state index >= 15 is 0 Å². The lowest BCUT2D eigenvalue weighted by molar-refractivity contribution is 0.182. The van der Waals surface area contributed by atoms with Gasteiger partial charge in [0.1, 0.15) is 5.76 Å². The van der Waals surface area contributed by atoms with Crippen LogP contribution in [-0.2, 0) is 4.74 Å². The first-order chi connectivity index (χ1) is 5.15. The highest BCUT2D eigenvalue weighted by Gasteiger charge is 2.30. The fourth-order valence-corrected chi connectivity index (χ4v) is 1.49. The molecule has 1 saturated heterocycles. The summed E-state index contributed by atoms with van der Waals surface area (Å²) in [5.41, 5.74) is 0. The number of aliphatic hydroxyl groups excluding tert-OH is 1. The fraction of sp³-hybridized carbons (Fsp3) is 0.750. The van der Waals surface area contributed by atoms with Gasteiger partial charge in [-0.2, -0.15) is 0 Å². The molecule has 0 bridgehead atoms. The maximum atomic E-state index is 9.28. The highest BCUT2D eigenvalue weighted by Crippen LogP contribution is 2.21. The molecule has 1 aliphatic heterocycles. The second kappa shape index (κ2) is 3.24. The summed E-state index contributed by atoms with van der Waals surface area (Å²) in [4.78, 5) is 2.05. The Hall–Kier alpha value is -0.540. The molecule has 0 spiro atoms.